The van der Waals surface area contributed by atoms with E-state index in [0.29, 0.717) is 22.9 Å². The van der Waals surface area contributed by atoms with Gasteiger partial charge in [0.25, 0.3) is 0 Å². The summed E-state index contributed by atoms with van der Waals surface area (Å²) in [6, 6.07) is 5.60. The maximum absolute atomic E-state index is 10.1. The number of fused-ring (bicyclic) bond motifs is 3. The van der Waals surface area contributed by atoms with Crippen molar-refractivity contribution >= 4 is 21.7 Å². The van der Waals surface area contributed by atoms with Crippen LogP contribution in [0, 0.1) is 0 Å². The topological polar surface area (TPSA) is 103 Å². The Balaban J connectivity index is 2.53. The summed E-state index contributed by atoms with van der Waals surface area (Å²) in [7, 11) is 0. The average molecular weight is 287 g/mol. The molecule has 0 saturated carbocycles. The van der Waals surface area contributed by atoms with Crippen LogP contribution in [0.15, 0.2) is 24.3 Å². The summed E-state index contributed by atoms with van der Waals surface area (Å²) in [5.41, 5.74) is 0.409. The smallest absolute Gasteiger partial charge is 0.225 e. The normalized spacial score (nSPS) is 11.1. The van der Waals surface area contributed by atoms with Crippen molar-refractivity contribution in [1.82, 2.24) is 4.98 Å². The van der Waals surface area contributed by atoms with E-state index >= 15 is 0 Å². The molecule has 0 unspecified atom stereocenters. The summed E-state index contributed by atoms with van der Waals surface area (Å²) < 4.78 is 5.41. The van der Waals surface area contributed by atoms with Gasteiger partial charge in [-0.3, -0.25) is 0 Å². The number of phenols is 4. The molecule has 4 N–H and O–H groups in total. The van der Waals surface area contributed by atoms with Gasteiger partial charge in [0.2, 0.25) is 5.88 Å². The first-order chi connectivity index (χ1) is 10.0. The largest absolute Gasteiger partial charge is 0.504 e. The van der Waals surface area contributed by atoms with Crippen molar-refractivity contribution < 1.29 is 25.2 Å². The van der Waals surface area contributed by atoms with Crippen molar-refractivity contribution in [2.45, 2.75) is 6.92 Å². The standard InChI is InChI=1S/C15H13NO5/c1-2-21-15-13-7(3-4-10(17)14(13)20)8-5-11(18)12(19)6-9(8)16-15/h3-6,17-20H,2H2,1H3. The van der Waals surface area contributed by atoms with Gasteiger partial charge in [-0.2, -0.15) is 0 Å². The number of pyridine rings is 1. The Morgan fingerprint density at radius 1 is 0.952 bits per heavy atom. The lowest BCUT2D eigenvalue weighted by Crippen LogP contribution is -1.97. The molecule has 21 heavy (non-hydrogen) atoms. The maximum atomic E-state index is 10.1. The molecule has 0 aliphatic heterocycles. The van der Waals surface area contributed by atoms with Crippen LogP contribution >= 0.6 is 0 Å². The third-order valence-corrected chi connectivity index (χ3v) is 3.26. The van der Waals surface area contributed by atoms with Gasteiger partial charge in [-0.05, 0) is 25.1 Å². The number of ether oxygens (including phenoxy) is 1. The van der Waals surface area contributed by atoms with Gasteiger partial charge in [-0.25, -0.2) is 4.98 Å². The minimum absolute atomic E-state index is 0.151. The fraction of sp³-hybridized carbons (Fsp3) is 0.133. The number of phenolic OH excluding ortho intramolecular Hbond substituents is 4. The highest BCUT2D eigenvalue weighted by molar-refractivity contribution is 6.11. The van der Waals surface area contributed by atoms with Crippen molar-refractivity contribution in [1.29, 1.82) is 0 Å². The SMILES string of the molecule is CCOc1nc2cc(O)c(O)cc2c2ccc(O)c(O)c12. The van der Waals surface area contributed by atoms with Gasteiger partial charge in [0.15, 0.2) is 23.0 Å². The van der Waals surface area contributed by atoms with E-state index in [1.807, 2.05) is 0 Å². The van der Waals surface area contributed by atoms with Gasteiger partial charge in [0, 0.05) is 16.8 Å². The molecule has 0 spiro atoms. The number of aromatic hydroxyl groups is 4. The highest BCUT2D eigenvalue weighted by Crippen LogP contribution is 2.43. The van der Waals surface area contributed by atoms with Crippen LogP contribution in [0.1, 0.15) is 6.92 Å². The zero-order chi connectivity index (χ0) is 15.1. The molecule has 0 aliphatic rings. The number of hydrogen-bond donors (Lipinski definition) is 4. The first-order valence-electron chi connectivity index (χ1n) is 6.36. The highest BCUT2D eigenvalue weighted by atomic mass is 16.5. The molecule has 3 aromatic rings. The molecule has 108 valence electrons. The Morgan fingerprint density at radius 3 is 2.38 bits per heavy atom. The van der Waals surface area contributed by atoms with Crippen LogP contribution in [0.5, 0.6) is 28.9 Å². The number of hydrogen-bond acceptors (Lipinski definition) is 6. The van der Waals surface area contributed by atoms with E-state index in [1.54, 1.807) is 13.0 Å². The molecule has 2 aromatic carbocycles. The average Bonchev–Trinajstić information content (AvgIpc) is 2.45. The van der Waals surface area contributed by atoms with Crippen molar-refractivity contribution in [3.05, 3.63) is 24.3 Å². The first-order valence-corrected chi connectivity index (χ1v) is 6.36. The van der Waals surface area contributed by atoms with Crippen molar-refractivity contribution in [3.63, 3.8) is 0 Å². The van der Waals surface area contributed by atoms with Gasteiger partial charge >= 0.3 is 0 Å². The van der Waals surface area contributed by atoms with Gasteiger partial charge < -0.3 is 25.2 Å². The van der Waals surface area contributed by atoms with Crippen LogP contribution < -0.4 is 4.74 Å². The van der Waals surface area contributed by atoms with E-state index in [-0.39, 0.29) is 34.3 Å². The molecule has 0 radical (unpaired) electrons. The van der Waals surface area contributed by atoms with E-state index in [0.717, 1.165) is 0 Å². The van der Waals surface area contributed by atoms with Gasteiger partial charge in [0.05, 0.1) is 17.5 Å². The van der Waals surface area contributed by atoms with Gasteiger partial charge in [-0.15, -0.1) is 0 Å². The Morgan fingerprint density at radius 2 is 1.67 bits per heavy atom. The molecule has 0 amide bonds. The van der Waals surface area contributed by atoms with E-state index in [4.69, 9.17) is 4.74 Å². The predicted molar refractivity (Wildman–Crippen MR) is 77.1 cm³/mol. The van der Waals surface area contributed by atoms with Crippen molar-refractivity contribution in [3.8, 4) is 28.9 Å². The highest BCUT2D eigenvalue weighted by Gasteiger charge is 2.17. The molecular formula is C15H13NO5. The van der Waals surface area contributed by atoms with Crippen LogP contribution in [0.3, 0.4) is 0 Å². The summed E-state index contributed by atoms with van der Waals surface area (Å²) in [5, 5.41) is 40.3. The molecule has 1 heterocycles. The van der Waals surface area contributed by atoms with Crippen molar-refractivity contribution in [2.24, 2.45) is 0 Å². The van der Waals surface area contributed by atoms with E-state index in [2.05, 4.69) is 4.98 Å². The second-order valence-electron chi connectivity index (χ2n) is 4.56. The Labute approximate surface area is 119 Å². The zero-order valence-corrected chi connectivity index (χ0v) is 11.2. The Hall–Kier alpha value is -2.89. The van der Waals surface area contributed by atoms with Crippen LogP contribution in [0.4, 0.5) is 0 Å². The molecule has 0 fully saturated rings. The molecular weight excluding hydrogens is 274 g/mol. The maximum Gasteiger partial charge on any atom is 0.225 e. The van der Waals surface area contributed by atoms with Crippen molar-refractivity contribution in [2.75, 3.05) is 6.61 Å². The molecule has 0 saturated heterocycles. The first kappa shape index (κ1) is 13.1. The summed E-state index contributed by atoms with van der Waals surface area (Å²) in [5.74, 6) is -1.05. The molecule has 0 bridgehead atoms. The second kappa shape index (κ2) is 4.59. The minimum atomic E-state index is -0.335. The molecule has 6 heteroatoms. The molecule has 1 aromatic heterocycles. The summed E-state index contributed by atoms with van der Waals surface area (Å²) >= 11 is 0. The number of aromatic nitrogens is 1. The van der Waals surface area contributed by atoms with Gasteiger partial charge in [-0.1, -0.05) is 0 Å². The lowest BCUT2D eigenvalue weighted by atomic mass is 10.0. The van der Waals surface area contributed by atoms with E-state index in [9.17, 15) is 20.4 Å². The third kappa shape index (κ3) is 1.92. The number of nitrogens with zero attached hydrogens (tertiary/aromatic N) is 1. The molecule has 6 nitrogen and oxygen atoms in total. The molecule has 3 rings (SSSR count). The Kier molecular flexibility index (Phi) is 2.86. The fourth-order valence-electron chi connectivity index (χ4n) is 2.30. The monoisotopic (exact) mass is 287 g/mol. The van der Waals surface area contributed by atoms with Crippen LogP contribution in [-0.2, 0) is 0 Å². The fourth-order valence-corrected chi connectivity index (χ4v) is 2.30. The summed E-state index contributed by atoms with van der Waals surface area (Å²) in [6.07, 6.45) is 0. The van der Waals surface area contributed by atoms with Crippen LogP contribution in [-0.4, -0.2) is 32.0 Å². The van der Waals surface area contributed by atoms with Crippen LogP contribution in [0.25, 0.3) is 21.7 Å². The number of rotatable bonds is 2. The lowest BCUT2D eigenvalue weighted by Gasteiger charge is -2.12. The van der Waals surface area contributed by atoms with E-state index in [1.165, 1.54) is 18.2 Å². The van der Waals surface area contributed by atoms with Crippen LogP contribution in [0.2, 0.25) is 0 Å². The number of benzene rings is 2. The van der Waals surface area contributed by atoms with E-state index < -0.39 is 0 Å². The second-order valence-corrected chi connectivity index (χ2v) is 4.56. The lowest BCUT2D eigenvalue weighted by molar-refractivity contribution is 0.330. The molecule has 0 aliphatic carbocycles. The zero-order valence-electron chi connectivity index (χ0n) is 11.2. The van der Waals surface area contributed by atoms with Gasteiger partial charge in [0.1, 0.15) is 0 Å². The molecule has 0 atom stereocenters. The summed E-state index contributed by atoms with van der Waals surface area (Å²) in [4.78, 5) is 4.23. The predicted octanol–water partition coefficient (Wildman–Crippen LogP) is 2.61. The third-order valence-electron chi connectivity index (χ3n) is 3.26. The Bertz CT molecular complexity index is 860. The minimum Gasteiger partial charge on any atom is -0.504 e. The quantitative estimate of drug-likeness (QED) is 0.427. The summed E-state index contributed by atoms with van der Waals surface area (Å²) in [6.45, 7) is 2.10.